The molecule has 0 saturated carbocycles. The second-order valence-corrected chi connectivity index (χ2v) is 10.1. The molecule has 0 spiro atoms. The first-order valence-electron chi connectivity index (χ1n) is 14.1. The van der Waals surface area contributed by atoms with Crippen LogP contribution in [0.5, 0.6) is 17.2 Å². The van der Waals surface area contributed by atoms with E-state index in [2.05, 4.69) is 45.2 Å². The van der Waals surface area contributed by atoms with Gasteiger partial charge in [0.1, 0.15) is 5.82 Å². The lowest BCUT2D eigenvalue weighted by Crippen LogP contribution is -2.36. The van der Waals surface area contributed by atoms with Crippen molar-refractivity contribution in [3.8, 4) is 28.6 Å². The molecule has 0 fully saturated rings. The van der Waals surface area contributed by atoms with E-state index in [1.54, 1.807) is 21.3 Å². The van der Waals surface area contributed by atoms with E-state index in [4.69, 9.17) is 14.2 Å². The smallest absolute Gasteiger partial charge is 0.253 e. The zero-order valence-corrected chi connectivity index (χ0v) is 24.4. The third kappa shape index (κ3) is 5.52. The summed E-state index contributed by atoms with van der Waals surface area (Å²) in [7, 11) is 4.94. The number of benzene rings is 3. The average Bonchev–Trinajstić information content (AvgIpc) is 3.49. The highest BCUT2D eigenvalue weighted by atomic mass is 16.5. The number of nitrogens with zero attached hydrogens (tertiary/aromatic N) is 3. The molecule has 1 aliphatic rings. The third-order valence-corrected chi connectivity index (χ3v) is 7.85. The molecule has 41 heavy (non-hydrogen) atoms. The van der Waals surface area contributed by atoms with Crippen molar-refractivity contribution in [2.75, 3.05) is 41.0 Å². The molecule has 8 heteroatoms. The van der Waals surface area contributed by atoms with Crippen LogP contribution in [-0.2, 0) is 13.0 Å². The number of methoxy groups -OCH3 is 3. The monoisotopic (exact) mass is 554 g/mol. The molecule has 0 radical (unpaired) electrons. The van der Waals surface area contributed by atoms with E-state index in [9.17, 15) is 4.79 Å². The Morgan fingerprint density at radius 1 is 0.976 bits per heavy atom. The zero-order chi connectivity index (χ0) is 28.9. The van der Waals surface area contributed by atoms with Gasteiger partial charge in [-0.1, -0.05) is 42.5 Å². The molecule has 8 nitrogen and oxygen atoms in total. The van der Waals surface area contributed by atoms with Gasteiger partial charge in [-0.15, -0.1) is 0 Å². The minimum absolute atomic E-state index is 0.0430. The van der Waals surface area contributed by atoms with Gasteiger partial charge >= 0.3 is 0 Å². The number of fused-ring (bicyclic) bond motifs is 1. The van der Waals surface area contributed by atoms with Crippen LogP contribution >= 0.6 is 0 Å². The van der Waals surface area contributed by atoms with Crippen molar-refractivity contribution in [1.82, 2.24) is 19.8 Å². The van der Waals surface area contributed by atoms with Crippen LogP contribution in [0.2, 0.25) is 0 Å². The van der Waals surface area contributed by atoms with Crippen molar-refractivity contribution in [2.24, 2.45) is 0 Å². The van der Waals surface area contributed by atoms with Gasteiger partial charge in [-0.05, 0) is 49.6 Å². The zero-order valence-electron chi connectivity index (χ0n) is 24.4. The average molecular weight is 555 g/mol. The fourth-order valence-electron chi connectivity index (χ4n) is 5.78. The van der Waals surface area contributed by atoms with Gasteiger partial charge in [-0.25, -0.2) is 4.98 Å². The fourth-order valence-corrected chi connectivity index (χ4v) is 5.78. The fraction of sp³-hybridized carbons (Fsp3) is 0.333. The van der Waals surface area contributed by atoms with Crippen LogP contribution in [0.15, 0.2) is 66.9 Å². The highest BCUT2D eigenvalue weighted by Crippen LogP contribution is 2.48. The molecule has 1 aromatic heterocycles. The lowest BCUT2D eigenvalue weighted by molar-refractivity contribution is 0.0773. The summed E-state index contributed by atoms with van der Waals surface area (Å²) >= 11 is 0. The Kier molecular flexibility index (Phi) is 8.59. The molecule has 0 bridgehead atoms. The van der Waals surface area contributed by atoms with Gasteiger partial charge < -0.3 is 24.1 Å². The van der Waals surface area contributed by atoms with E-state index in [0.717, 1.165) is 46.7 Å². The Labute approximate surface area is 241 Å². The summed E-state index contributed by atoms with van der Waals surface area (Å²) in [6.07, 6.45) is 2.70. The number of aromatic nitrogens is 2. The number of aromatic amines is 1. The van der Waals surface area contributed by atoms with E-state index in [0.29, 0.717) is 42.4 Å². The number of carbonyl (C=O) groups is 1. The molecule has 214 valence electrons. The summed E-state index contributed by atoms with van der Waals surface area (Å²) in [6, 6.07) is 20.1. The Morgan fingerprint density at radius 3 is 2.32 bits per heavy atom. The summed E-state index contributed by atoms with van der Waals surface area (Å²) in [6.45, 7) is 6.82. The van der Waals surface area contributed by atoms with Gasteiger partial charge in [0.05, 0.1) is 27.4 Å². The topological polar surface area (TPSA) is 79.9 Å². The molecular formula is C33H38N4O4. The van der Waals surface area contributed by atoms with Crippen molar-refractivity contribution in [3.05, 3.63) is 94.8 Å². The Hall–Kier alpha value is -4.30. The summed E-state index contributed by atoms with van der Waals surface area (Å²) in [5.41, 5.74) is 6.04. The number of amides is 1. The first-order valence-corrected chi connectivity index (χ1v) is 14.1. The highest BCUT2D eigenvalue weighted by Gasteiger charge is 2.34. The van der Waals surface area contributed by atoms with Crippen molar-refractivity contribution in [1.29, 1.82) is 0 Å². The highest BCUT2D eigenvalue weighted by molar-refractivity contribution is 5.94. The number of hydrogen-bond donors (Lipinski definition) is 1. The normalized spacial score (nSPS) is 14.8. The molecular weight excluding hydrogens is 516 g/mol. The first kappa shape index (κ1) is 28.2. The van der Waals surface area contributed by atoms with Crippen LogP contribution in [0.25, 0.3) is 11.4 Å². The van der Waals surface area contributed by atoms with Crippen molar-refractivity contribution < 1.29 is 19.0 Å². The number of H-pyrrole nitrogens is 1. The second-order valence-electron chi connectivity index (χ2n) is 10.1. The molecule has 2 heterocycles. The number of nitrogens with one attached hydrogen (secondary N) is 1. The lowest BCUT2D eigenvalue weighted by Gasteiger charge is -2.38. The van der Waals surface area contributed by atoms with Crippen LogP contribution < -0.4 is 14.2 Å². The molecule has 1 aliphatic heterocycles. The van der Waals surface area contributed by atoms with Crippen LogP contribution in [0, 0.1) is 0 Å². The second kappa shape index (κ2) is 12.5. The van der Waals surface area contributed by atoms with Gasteiger partial charge in [-0.2, -0.15) is 0 Å². The summed E-state index contributed by atoms with van der Waals surface area (Å²) in [5, 5.41) is 0. The summed E-state index contributed by atoms with van der Waals surface area (Å²) < 4.78 is 17.3. The Morgan fingerprint density at radius 2 is 1.68 bits per heavy atom. The third-order valence-electron chi connectivity index (χ3n) is 7.85. The van der Waals surface area contributed by atoms with Crippen molar-refractivity contribution in [2.45, 2.75) is 32.9 Å². The van der Waals surface area contributed by atoms with E-state index < -0.39 is 0 Å². The van der Waals surface area contributed by atoms with E-state index >= 15 is 0 Å². The summed E-state index contributed by atoms with van der Waals surface area (Å²) in [4.78, 5) is 25.4. The predicted octanol–water partition coefficient (Wildman–Crippen LogP) is 5.73. The predicted molar refractivity (Wildman–Crippen MR) is 160 cm³/mol. The Bertz CT molecular complexity index is 1480. The molecule has 1 N–H and O–H groups in total. The first-order chi connectivity index (χ1) is 20.0. The van der Waals surface area contributed by atoms with Crippen LogP contribution in [0.1, 0.15) is 52.6 Å². The van der Waals surface area contributed by atoms with E-state index in [1.807, 2.05) is 55.3 Å². The van der Waals surface area contributed by atoms with Crippen molar-refractivity contribution in [3.63, 3.8) is 0 Å². The van der Waals surface area contributed by atoms with Gasteiger partial charge in [0.15, 0.2) is 11.5 Å². The number of hydrogen-bond acceptors (Lipinski definition) is 6. The van der Waals surface area contributed by atoms with Crippen LogP contribution in [-0.4, -0.2) is 66.6 Å². The quantitative estimate of drug-likeness (QED) is 0.270. The molecule has 1 atom stereocenters. The minimum Gasteiger partial charge on any atom is -0.493 e. The Balaban J connectivity index is 1.56. The summed E-state index contributed by atoms with van der Waals surface area (Å²) in [5.74, 6) is 2.81. The van der Waals surface area contributed by atoms with Gasteiger partial charge in [0, 0.05) is 54.8 Å². The molecule has 3 aromatic carbocycles. The van der Waals surface area contributed by atoms with Gasteiger partial charge in [-0.3, -0.25) is 9.69 Å². The molecule has 4 aromatic rings. The minimum atomic E-state index is -0.103. The van der Waals surface area contributed by atoms with Crippen molar-refractivity contribution >= 4 is 5.91 Å². The number of carbonyl (C=O) groups excluding carboxylic acids is 1. The standard InChI is InChI=1S/C33H38N4O4/c1-6-36(7-2)33(38)24-15-13-22(14-16-24)29-27-19-28(39-3)31(41-5)30(40-4)26(27)17-18-37(29)21-25-20-34-32(35-25)23-11-9-8-10-12-23/h8-16,19-20,29H,6-7,17-18,21H2,1-5H3,(H,34,35). The maximum absolute atomic E-state index is 13.0. The van der Waals surface area contributed by atoms with Gasteiger partial charge in [0.2, 0.25) is 5.75 Å². The van der Waals surface area contributed by atoms with Crippen LogP contribution in [0.3, 0.4) is 0 Å². The van der Waals surface area contributed by atoms with Gasteiger partial charge in [0.25, 0.3) is 5.91 Å². The van der Waals surface area contributed by atoms with E-state index in [-0.39, 0.29) is 11.9 Å². The number of rotatable bonds is 10. The molecule has 0 saturated heterocycles. The molecule has 0 aliphatic carbocycles. The maximum atomic E-state index is 13.0. The lowest BCUT2D eigenvalue weighted by atomic mass is 9.86. The number of imidazole rings is 1. The maximum Gasteiger partial charge on any atom is 0.253 e. The molecule has 5 rings (SSSR count). The molecule has 1 unspecified atom stereocenters. The number of ether oxygens (including phenoxy) is 3. The molecule has 1 amide bonds. The largest absolute Gasteiger partial charge is 0.493 e. The van der Waals surface area contributed by atoms with E-state index in [1.165, 1.54) is 0 Å². The SMILES string of the molecule is CCN(CC)C(=O)c1ccc(C2c3cc(OC)c(OC)c(OC)c3CCN2Cc2cnc(-c3ccccc3)[nH]2)cc1. The van der Waals surface area contributed by atoms with Crippen LogP contribution in [0.4, 0.5) is 0 Å².